The largest absolute Gasteiger partial charge is 0.327 e. The van der Waals surface area contributed by atoms with Crippen molar-refractivity contribution >= 4 is 34.8 Å². The summed E-state index contributed by atoms with van der Waals surface area (Å²) in [5.41, 5.74) is 7.39. The second-order valence-electron chi connectivity index (χ2n) is 6.56. The molecular formula is C16H26ClN3OS. The van der Waals surface area contributed by atoms with Gasteiger partial charge in [0, 0.05) is 16.8 Å². The van der Waals surface area contributed by atoms with Gasteiger partial charge >= 0.3 is 0 Å². The highest BCUT2D eigenvalue weighted by atomic mass is 35.5. The van der Waals surface area contributed by atoms with Crippen LogP contribution in [0.1, 0.15) is 49.6 Å². The van der Waals surface area contributed by atoms with Crippen molar-refractivity contribution in [3.8, 4) is 0 Å². The van der Waals surface area contributed by atoms with E-state index in [4.69, 9.17) is 5.73 Å². The Hall–Kier alpha value is -0.650. The predicted octanol–water partition coefficient (Wildman–Crippen LogP) is 3.53. The first-order chi connectivity index (χ1) is 10.1. The van der Waals surface area contributed by atoms with E-state index in [0.717, 1.165) is 30.1 Å². The number of aromatic nitrogens is 1. The maximum atomic E-state index is 12.5. The Balaban J connectivity index is 0.00000176. The number of halogens is 1. The Morgan fingerprint density at radius 1 is 1.36 bits per heavy atom. The fourth-order valence-electron chi connectivity index (χ4n) is 4.02. The minimum Gasteiger partial charge on any atom is -0.327 e. The van der Waals surface area contributed by atoms with E-state index >= 15 is 0 Å². The normalized spacial score (nSPS) is 30.5. The SMILES string of the molecule is CCc1nc(NC(=O)C2CC3CCCC(C2)C3N)sc1C.Cl. The molecule has 0 aliphatic heterocycles. The zero-order valence-corrected chi connectivity index (χ0v) is 14.9. The smallest absolute Gasteiger partial charge is 0.229 e. The lowest BCUT2D eigenvalue weighted by Crippen LogP contribution is -2.48. The Morgan fingerprint density at radius 2 is 2.00 bits per heavy atom. The molecule has 3 N–H and O–H groups in total. The number of hydrogen-bond acceptors (Lipinski definition) is 4. The van der Waals surface area contributed by atoms with Gasteiger partial charge in [-0.1, -0.05) is 13.3 Å². The molecule has 1 aromatic heterocycles. The number of carbonyl (C=O) groups is 1. The van der Waals surface area contributed by atoms with Crippen LogP contribution in [0.3, 0.4) is 0 Å². The average molecular weight is 344 g/mol. The molecule has 0 spiro atoms. The van der Waals surface area contributed by atoms with Crippen LogP contribution in [0.25, 0.3) is 0 Å². The van der Waals surface area contributed by atoms with Crippen LogP contribution >= 0.6 is 23.7 Å². The molecule has 0 saturated heterocycles. The van der Waals surface area contributed by atoms with Crippen LogP contribution in [0.15, 0.2) is 0 Å². The summed E-state index contributed by atoms with van der Waals surface area (Å²) in [6.45, 7) is 4.16. The van der Waals surface area contributed by atoms with E-state index < -0.39 is 0 Å². The van der Waals surface area contributed by atoms with E-state index in [2.05, 4.69) is 24.1 Å². The molecule has 2 saturated carbocycles. The minimum atomic E-state index is 0. The number of fused-ring (bicyclic) bond motifs is 2. The first kappa shape index (κ1) is 17.7. The molecule has 22 heavy (non-hydrogen) atoms. The topological polar surface area (TPSA) is 68.0 Å². The molecule has 0 aromatic carbocycles. The van der Waals surface area contributed by atoms with E-state index in [1.54, 1.807) is 11.3 Å². The maximum absolute atomic E-state index is 12.5. The van der Waals surface area contributed by atoms with Crippen LogP contribution in [0.4, 0.5) is 5.13 Å². The van der Waals surface area contributed by atoms with Crippen LogP contribution in [0.2, 0.25) is 0 Å². The first-order valence-corrected chi connectivity index (χ1v) is 8.92. The summed E-state index contributed by atoms with van der Waals surface area (Å²) in [4.78, 5) is 18.2. The number of nitrogens with zero attached hydrogens (tertiary/aromatic N) is 1. The Kier molecular flexibility index (Phi) is 5.86. The maximum Gasteiger partial charge on any atom is 0.229 e. The van der Waals surface area contributed by atoms with Crippen LogP contribution in [-0.2, 0) is 11.2 Å². The molecule has 2 aliphatic carbocycles. The third-order valence-corrected chi connectivity index (χ3v) is 6.17. The molecule has 3 rings (SSSR count). The van der Waals surface area contributed by atoms with Gasteiger partial charge in [0.1, 0.15) is 0 Å². The number of aryl methyl sites for hydroxylation is 2. The van der Waals surface area contributed by atoms with E-state index in [1.807, 2.05) is 0 Å². The monoisotopic (exact) mass is 343 g/mol. The summed E-state index contributed by atoms with van der Waals surface area (Å²) in [5.74, 6) is 1.35. The number of nitrogens with one attached hydrogen (secondary N) is 1. The van der Waals surface area contributed by atoms with Gasteiger partial charge in [0.25, 0.3) is 0 Å². The summed E-state index contributed by atoms with van der Waals surface area (Å²) < 4.78 is 0. The van der Waals surface area contributed by atoms with Gasteiger partial charge in [-0.15, -0.1) is 23.7 Å². The molecular weight excluding hydrogens is 318 g/mol. The molecule has 124 valence electrons. The number of carbonyl (C=O) groups excluding carboxylic acids is 1. The van der Waals surface area contributed by atoms with Crippen molar-refractivity contribution in [1.82, 2.24) is 4.98 Å². The van der Waals surface area contributed by atoms with Crippen molar-refractivity contribution in [1.29, 1.82) is 0 Å². The summed E-state index contributed by atoms with van der Waals surface area (Å²) in [5, 5.41) is 3.80. The van der Waals surface area contributed by atoms with Gasteiger partial charge in [-0.3, -0.25) is 4.79 Å². The third-order valence-electron chi connectivity index (χ3n) is 5.24. The van der Waals surface area contributed by atoms with Crippen molar-refractivity contribution in [2.24, 2.45) is 23.5 Å². The van der Waals surface area contributed by atoms with Crippen molar-refractivity contribution in [2.75, 3.05) is 5.32 Å². The number of anilines is 1. The van der Waals surface area contributed by atoms with Gasteiger partial charge in [0.2, 0.25) is 5.91 Å². The van der Waals surface area contributed by atoms with Crippen LogP contribution in [-0.4, -0.2) is 16.9 Å². The van der Waals surface area contributed by atoms with Crippen LogP contribution in [0.5, 0.6) is 0 Å². The van der Waals surface area contributed by atoms with Crippen molar-refractivity contribution in [3.05, 3.63) is 10.6 Å². The lowest BCUT2D eigenvalue weighted by molar-refractivity contribution is -0.122. The molecule has 0 radical (unpaired) electrons. The Morgan fingerprint density at radius 3 is 2.55 bits per heavy atom. The first-order valence-electron chi connectivity index (χ1n) is 8.11. The summed E-state index contributed by atoms with van der Waals surface area (Å²) in [6, 6.07) is 0.316. The molecule has 1 heterocycles. The lowest BCUT2D eigenvalue weighted by Gasteiger charge is -2.43. The molecule has 2 bridgehead atoms. The zero-order valence-electron chi connectivity index (χ0n) is 13.3. The van der Waals surface area contributed by atoms with E-state index in [-0.39, 0.29) is 24.2 Å². The summed E-state index contributed by atoms with van der Waals surface area (Å²) >= 11 is 1.59. The fraction of sp³-hybridized carbons (Fsp3) is 0.750. The Labute approximate surface area is 142 Å². The second-order valence-corrected chi connectivity index (χ2v) is 7.76. The molecule has 2 atom stereocenters. The van der Waals surface area contributed by atoms with E-state index in [1.165, 1.54) is 24.1 Å². The average Bonchev–Trinajstić information content (AvgIpc) is 2.78. The number of thiazole rings is 1. The van der Waals surface area contributed by atoms with Crippen molar-refractivity contribution in [2.45, 2.75) is 58.4 Å². The molecule has 2 fully saturated rings. The lowest BCUT2D eigenvalue weighted by atomic mass is 9.65. The number of nitrogens with two attached hydrogens (primary N) is 1. The van der Waals surface area contributed by atoms with Crippen LogP contribution < -0.4 is 11.1 Å². The molecule has 2 unspecified atom stereocenters. The highest BCUT2D eigenvalue weighted by Gasteiger charge is 2.40. The number of rotatable bonds is 3. The fourth-order valence-corrected chi connectivity index (χ4v) is 4.93. The molecule has 1 amide bonds. The quantitative estimate of drug-likeness (QED) is 0.882. The van der Waals surface area contributed by atoms with E-state index in [0.29, 0.717) is 17.9 Å². The standard InChI is InChI=1S/C16H25N3OS.ClH/c1-3-13-9(2)21-16(18-13)19-15(20)12-7-10-5-4-6-11(8-12)14(10)17;/h10-12,14H,3-8,17H2,1-2H3,(H,18,19,20);1H. The highest BCUT2D eigenvalue weighted by molar-refractivity contribution is 7.15. The van der Waals surface area contributed by atoms with Gasteiger partial charge in [-0.2, -0.15) is 0 Å². The van der Waals surface area contributed by atoms with Crippen LogP contribution in [0, 0.1) is 24.7 Å². The van der Waals surface area contributed by atoms with Gasteiger partial charge in [0.05, 0.1) is 5.69 Å². The zero-order chi connectivity index (χ0) is 15.0. The van der Waals surface area contributed by atoms with Crippen molar-refractivity contribution < 1.29 is 4.79 Å². The van der Waals surface area contributed by atoms with Gasteiger partial charge in [-0.25, -0.2) is 4.98 Å². The van der Waals surface area contributed by atoms with E-state index in [9.17, 15) is 4.79 Å². The van der Waals surface area contributed by atoms with Gasteiger partial charge in [0.15, 0.2) is 5.13 Å². The Bertz CT molecular complexity index is 519. The summed E-state index contributed by atoms with van der Waals surface area (Å²) in [7, 11) is 0. The van der Waals surface area contributed by atoms with Gasteiger partial charge < -0.3 is 11.1 Å². The third kappa shape index (κ3) is 3.47. The molecule has 1 aromatic rings. The molecule has 6 heteroatoms. The summed E-state index contributed by atoms with van der Waals surface area (Å²) in [6.07, 6.45) is 6.49. The number of amides is 1. The predicted molar refractivity (Wildman–Crippen MR) is 93.6 cm³/mol. The highest BCUT2D eigenvalue weighted by Crippen LogP contribution is 2.42. The van der Waals surface area contributed by atoms with Crippen molar-refractivity contribution in [3.63, 3.8) is 0 Å². The molecule has 2 aliphatic rings. The minimum absolute atomic E-state index is 0. The number of hydrogen-bond donors (Lipinski definition) is 2. The second kappa shape index (κ2) is 7.28. The van der Waals surface area contributed by atoms with Gasteiger partial charge in [-0.05, 0) is 50.9 Å². The molecule has 4 nitrogen and oxygen atoms in total.